The first-order valence-electron chi connectivity index (χ1n) is 13.5. The number of carbonyl (C=O) groups excluding carboxylic acids is 2. The molecule has 4 aromatic rings. The third kappa shape index (κ3) is 6.29. The van der Waals surface area contributed by atoms with Crippen molar-refractivity contribution in [2.45, 2.75) is 39.7 Å². The van der Waals surface area contributed by atoms with E-state index in [0.29, 0.717) is 16.5 Å². The Morgan fingerprint density at radius 3 is 2.50 bits per heavy atom. The van der Waals surface area contributed by atoms with Crippen molar-refractivity contribution < 1.29 is 9.59 Å². The SMILES string of the molecule is Cc1sc2c(c1C)C(c1ccc(Cl)cc1)=N[C@@H](CC(=O)NCCC(=O)Nc1ccc(C#CCN)cc1)c1nnc(C)n1-2. The molecule has 0 saturated carbocycles. The molecule has 0 saturated heterocycles. The van der Waals surface area contributed by atoms with Gasteiger partial charge in [0.1, 0.15) is 16.9 Å². The topological polar surface area (TPSA) is 127 Å². The number of aromatic nitrogens is 3. The minimum absolute atomic E-state index is 0.0507. The molecule has 214 valence electrons. The van der Waals surface area contributed by atoms with Crippen LogP contribution in [0.4, 0.5) is 5.69 Å². The highest BCUT2D eigenvalue weighted by molar-refractivity contribution is 7.15. The van der Waals surface area contributed by atoms with Gasteiger partial charge in [-0.25, -0.2) is 0 Å². The number of nitrogens with two attached hydrogens (primary N) is 1. The van der Waals surface area contributed by atoms with E-state index in [1.165, 1.54) is 4.88 Å². The molecule has 2 aromatic carbocycles. The lowest BCUT2D eigenvalue weighted by Gasteiger charge is -2.13. The van der Waals surface area contributed by atoms with Crippen LogP contribution >= 0.6 is 22.9 Å². The van der Waals surface area contributed by atoms with Gasteiger partial charge in [-0.1, -0.05) is 35.6 Å². The van der Waals surface area contributed by atoms with Crippen LogP contribution in [0.1, 0.15) is 57.7 Å². The van der Waals surface area contributed by atoms with Gasteiger partial charge in [-0.15, -0.1) is 21.5 Å². The summed E-state index contributed by atoms with van der Waals surface area (Å²) >= 11 is 7.84. The van der Waals surface area contributed by atoms with Crippen LogP contribution in [0.2, 0.25) is 5.02 Å². The fourth-order valence-corrected chi connectivity index (χ4v) is 6.05. The van der Waals surface area contributed by atoms with Crippen molar-refractivity contribution in [1.82, 2.24) is 20.1 Å². The Morgan fingerprint density at radius 1 is 1.05 bits per heavy atom. The third-order valence-electron chi connectivity index (χ3n) is 6.91. The number of aliphatic imine (C=N–C) groups is 1. The summed E-state index contributed by atoms with van der Waals surface area (Å²) in [4.78, 5) is 31.9. The highest BCUT2D eigenvalue weighted by atomic mass is 35.5. The molecule has 0 bridgehead atoms. The molecular weight excluding hydrogens is 570 g/mol. The first kappa shape index (κ1) is 29.2. The highest BCUT2D eigenvalue weighted by Gasteiger charge is 2.32. The van der Waals surface area contributed by atoms with E-state index in [4.69, 9.17) is 22.3 Å². The third-order valence-corrected chi connectivity index (χ3v) is 8.36. The van der Waals surface area contributed by atoms with Crippen molar-refractivity contribution in [3.8, 4) is 16.8 Å². The molecule has 1 aliphatic heterocycles. The first-order valence-corrected chi connectivity index (χ1v) is 14.7. The van der Waals surface area contributed by atoms with E-state index in [1.54, 1.807) is 23.5 Å². The van der Waals surface area contributed by atoms with Gasteiger partial charge in [0.2, 0.25) is 11.8 Å². The maximum absolute atomic E-state index is 13.1. The predicted octanol–water partition coefficient (Wildman–Crippen LogP) is 4.64. The summed E-state index contributed by atoms with van der Waals surface area (Å²) in [6.07, 6.45) is 0.171. The molecule has 3 heterocycles. The zero-order chi connectivity index (χ0) is 29.8. The Bertz CT molecular complexity index is 1730. The average Bonchev–Trinajstić information content (AvgIpc) is 3.45. The lowest BCUT2D eigenvalue weighted by atomic mass is 9.99. The van der Waals surface area contributed by atoms with Gasteiger partial charge in [-0.05, 0) is 62.7 Å². The number of fused-ring (bicyclic) bond motifs is 3. The Morgan fingerprint density at radius 2 is 1.79 bits per heavy atom. The Balaban J connectivity index is 1.31. The summed E-state index contributed by atoms with van der Waals surface area (Å²) in [6.45, 7) is 6.53. The number of hydrogen-bond donors (Lipinski definition) is 3. The highest BCUT2D eigenvalue weighted by Crippen LogP contribution is 2.39. The number of hydrogen-bond acceptors (Lipinski definition) is 7. The maximum Gasteiger partial charge on any atom is 0.226 e. The molecule has 0 unspecified atom stereocenters. The van der Waals surface area contributed by atoms with Gasteiger partial charge in [-0.2, -0.15) is 0 Å². The van der Waals surface area contributed by atoms with Crippen LogP contribution in [0.15, 0.2) is 53.5 Å². The molecule has 2 aromatic heterocycles. The number of benzene rings is 2. The lowest BCUT2D eigenvalue weighted by molar-refractivity contribution is -0.121. The second-order valence-corrected chi connectivity index (χ2v) is 11.5. The van der Waals surface area contributed by atoms with Crippen LogP contribution in [0.3, 0.4) is 0 Å². The van der Waals surface area contributed by atoms with E-state index in [1.807, 2.05) is 47.9 Å². The zero-order valence-corrected chi connectivity index (χ0v) is 25.1. The van der Waals surface area contributed by atoms with E-state index in [2.05, 4.69) is 46.5 Å². The molecule has 42 heavy (non-hydrogen) atoms. The van der Waals surface area contributed by atoms with E-state index >= 15 is 0 Å². The molecule has 2 amide bonds. The summed E-state index contributed by atoms with van der Waals surface area (Å²) in [5.74, 6) is 6.61. The van der Waals surface area contributed by atoms with Crippen molar-refractivity contribution in [3.63, 3.8) is 0 Å². The van der Waals surface area contributed by atoms with E-state index in [-0.39, 0.29) is 37.7 Å². The zero-order valence-electron chi connectivity index (χ0n) is 23.5. The minimum atomic E-state index is -0.578. The Labute approximate surface area is 253 Å². The number of nitrogens with one attached hydrogen (secondary N) is 2. The normalized spacial score (nSPS) is 13.6. The van der Waals surface area contributed by atoms with E-state index in [0.717, 1.165) is 38.8 Å². The number of carbonyl (C=O) groups is 2. The number of thiophene rings is 1. The second kappa shape index (κ2) is 12.7. The van der Waals surface area contributed by atoms with Gasteiger partial charge in [-0.3, -0.25) is 19.1 Å². The van der Waals surface area contributed by atoms with Crippen LogP contribution in [0.25, 0.3) is 5.00 Å². The molecule has 9 nitrogen and oxygen atoms in total. The van der Waals surface area contributed by atoms with Crippen LogP contribution in [-0.4, -0.2) is 45.4 Å². The number of anilines is 1. The van der Waals surface area contributed by atoms with Crippen molar-refractivity contribution in [2.24, 2.45) is 10.7 Å². The van der Waals surface area contributed by atoms with Gasteiger partial charge in [0.05, 0.1) is 18.7 Å². The molecule has 0 aliphatic carbocycles. The van der Waals surface area contributed by atoms with Crippen molar-refractivity contribution in [2.75, 3.05) is 18.4 Å². The fourth-order valence-electron chi connectivity index (χ4n) is 4.71. The Hall–Kier alpha value is -4.30. The molecule has 4 N–H and O–H groups in total. The molecule has 0 fully saturated rings. The summed E-state index contributed by atoms with van der Waals surface area (Å²) in [5.41, 5.74) is 10.7. The van der Waals surface area contributed by atoms with Crippen LogP contribution in [0, 0.1) is 32.6 Å². The second-order valence-electron chi connectivity index (χ2n) is 9.84. The van der Waals surface area contributed by atoms with Crippen molar-refractivity contribution in [3.05, 3.63) is 92.3 Å². The van der Waals surface area contributed by atoms with Gasteiger partial charge < -0.3 is 16.4 Å². The predicted molar refractivity (Wildman–Crippen MR) is 167 cm³/mol. The minimum Gasteiger partial charge on any atom is -0.356 e. The number of aryl methyl sites for hydroxylation is 2. The fraction of sp³-hybridized carbons (Fsp3) is 0.258. The molecular formula is C31H30ClN7O2S. The van der Waals surface area contributed by atoms with Crippen LogP contribution in [0.5, 0.6) is 0 Å². The quantitative estimate of drug-likeness (QED) is 0.267. The van der Waals surface area contributed by atoms with Crippen molar-refractivity contribution in [1.29, 1.82) is 0 Å². The largest absolute Gasteiger partial charge is 0.356 e. The van der Waals surface area contributed by atoms with Gasteiger partial charge >= 0.3 is 0 Å². The monoisotopic (exact) mass is 599 g/mol. The van der Waals surface area contributed by atoms with Crippen molar-refractivity contribution >= 4 is 46.2 Å². The maximum atomic E-state index is 13.1. The summed E-state index contributed by atoms with van der Waals surface area (Å²) in [6, 6.07) is 14.1. The number of amides is 2. The van der Waals surface area contributed by atoms with Crippen LogP contribution in [-0.2, 0) is 9.59 Å². The summed E-state index contributed by atoms with van der Waals surface area (Å²) in [5, 5.41) is 16.1. The van der Waals surface area contributed by atoms with Gasteiger partial charge in [0.15, 0.2) is 5.82 Å². The summed E-state index contributed by atoms with van der Waals surface area (Å²) < 4.78 is 2.00. The Kier molecular flexibility index (Phi) is 8.83. The standard InChI is InChI=1S/C31H30ClN7O2S/c1-18-19(2)42-31-28(18)29(22-8-10-23(32)11-9-22)36-25(30-38-37-20(3)39(30)31)17-27(41)34-16-14-26(40)35-24-12-6-21(7-13-24)5-4-15-33/h6-13,25H,14-17,33H2,1-3H3,(H,34,41)(H,35,40)/t25-/m0/s1. The van der Waals surface area contributed by atoms with E-state index < -0.39 is 6.04 Å². The molecule has 0 radical (unpaired) electrons. The number of rotatable bonds is 7. The van der Waals surface area contributed by atoms with Gasteiger partial charge in [0.25, 0.3) is 0 Å². The summed E-state index contributed by atoms with van der Waals surface area (Å²) in [7, 11) is 0. The lowest BCUT2D eigenvalue weighted by Crippen LogP contribution is -2.29. The molecule has 1 atom stereocenters. The number of nitrogens with zero attached hydrogens (tertiary/aromatic N) is 4. The number of halogens is 1. The van der Waals surface area contributed by atoms with E-state index in [9.17, 15) is 9.59 Å². The molecule has 5 rings (SSSR count). The molecule has 11 heteroatoms. The van der Waals surface area contributed by atoms with Gasteiger partial charge in [0, 0.05) is 45.2 Å². The average molecular weight is 600 g/mol. The van der Waals surface area contributed by atoms with Crippen LogP contribution < -0.4 is 16.4 Å². The smallest absolute Gasteiger partial charge is 0.226 e. The molecule has 1 aliphatic rings. The first-order chi connectivity index (χ1) is 20.2. The molecule has 0 spiro atoms.